The van der Waals surface area contributed by atoms with E-state index in [0.717, 1.165) is 33.8 Å². The molecule has 2 aromatic carbocycles. The van der Waals surface area contributed by atoms with E-state index in [1.807, 2.05) is 54.6 Å². The van der Waals surface area contributed by atoms with E-state index < -0.39 is 0 Å². The van der Waals surface area contributed by atoms with Gasteiger partial charge in [0.1, 0.15) is 11.5 Å². The number of fused-ring (bicyclic) bond motifs is 1. The fourth-order valence-electron chi connectivity index (χ4n) is 2.53. The van der Waals surface area contributed by atoms with Crippen molar-refractivity contribution < 1.29 is 4.74 Å². The average Bonchev–Trinajstić information content (AvgIpc) is 3.33. The minimum absolute atomic E-state index is 0.608. The Hall–Kier alpha value is -2.55. The molecule has 1 aliphatic carbocycles. The Balaban J connectivity index is 1.72. The number of nitrogen functional groups attached to an aromatic ring is 1. The molecular weight excluding hydrogens is 260 g/mol. The molecule has 3 nitrogen and oxygen atoms in total. The van der Waals surface area contributed by atoms with Gasteiger partial charge >= 0.3 is 0 Å². The van der Waals surface area contributed by atoms with Gasteiger partial charge in [-0.2, -0.15) is 0 Å². The highest BCUT2D eigenvalue weighted by Crippen LogP contribution is 2.41. The second kappa shape index (κ2) is 4.77. The average molecular weight is 276 g/mol. The Morgan fingerprint density at radius 1 is 0.952 bits per heavy atom. The number of hydrogen-bond acceptors (Lipinski definition) is 3. The van der Waals surface area contributed by atoms with Crippen molar-refractivity contribution in [1.82, 2.24) is 4.98 Å². The second-order valence-electron chi connectivity index (χ2n) is 5.50. The van der Waals surface area contributed by atoms with Gasteiger partial charge in [0, 0.05) is 22.7 Å². The summed E-state index contributed by atoms with van der Waals surface area (Å²) in [6.07, 6.45) is 2.46. The first-order chi connectivity index (χ1) is 10.3. The summed E-state index contributed by atoms with van der Waals surface area (Å²) in [5, 5.41) is 0.952. The topological polar surface area (TPSA) is 48.1 Å². The van der Waals surface area contributed by atoms with Gasteiger partial charge in [-0.15, -0.1) is 0 Å². The van der Waals surface area contributed by atoms with Gasteiger partial charge in [-0.1, -0.05) is 18.2 Å². The molecule has 1 saturated carbocycles. The summed E-state index contributed by atoms with van der Waals surface area (Å²) in [5.41, 5.74) is 9.03. The van der Waals surface area contributed by atoms with Crippen molar-refractivity contribution in [1.29, 1.82) is 0 Å². The minimum Gasteiger partial charge on any atom is -0.457 e. The Morgan fingerprint density at radius 2 is 1.76 bits per heavy atom. The maximum absolute atomic E-state index is 6.19. The first-order valence-electron chi connectivity index (χ1n) is 7.23. The molecule has 21 heavy (non-hydrogen) atoms. The summed E-state index contributed by atoms with van der Waals surface area (Å²) >= 11 is 0. The number of pyridine rings is 1. The fourth-order valence-corrected chi connectivity index (χ4v) is 2.53. The lowest BCUT2D eigenvalue weighted by molar-refractivity contribution is 0.483. The van der Waals surface area contributed by atoms with Crippen LogP contribution in [0.3, 0.4) is 0 Å². The van der Waals surface area contributed by atoms with Crippen LogP contribution in [0, 0.1) is 0 Å². The van der Waals surface area contributed by atoms with Crippen LogP contribution in [0.15, 0.2) is 54.6 Å². The Morgan fingerprint density at radius 3 is 2.52 bits per heavy atom. The maximum Gasteiger partial charge on any atom is 0.128 e. The molecule has 2 N–H and O–H groups in total. The molecule has 0 radical (unpaired) electrons. The molecule has 0 saturated heterocycles. The Labute approximate surface area is 123 Å². The molecule has 3 heteroatoms. The number of ether oxygens (including phenoxy) is 1. The summed E-state index contributed by atoms with van der Waals surface area (Å²) < 4.78 is 5.85. The Bertz CT molecular complexity index is 795. The molecular formula is C18H16N2O. The third-order valence-corrected chi connectivity index (χ3v) is 3.81. The highest BCUT2D eigenvalue weighted by Gasteiger charge is 2.25. The van der Waals surface area contributed by atoms with Crippen LogP contribution in [-0.4, -0.2) is 4.98 Å². The lowest BCUT2D eigenvalue weighted by Crippen LogP contribution is -1.95. The van der Waals surface area contributed by atoms with Crippen molar-refractivity contribution in [2.75, 3.05) is 5.73 Å². The summed E-state index contributed by atoms with van der Waals surface area (Å²) in [6.45, 7) is 0. The van der Waals surface area contributed by atoms with Crippen LogP contribution in [0.2, 0.25) is 0 Å². The first kappa shape index (κ1) is 12.2. The smallest absolute Gasteiger partial charge is 0.128 e. The van der Waals surface area contributed by atoms with Gasteiger partial charge < -0.3 is 10.5 Å². The summed E-state index contributed by atoms with van der Waals surface area (Å²) in [5.74, 6) is 2.20. The number of nitrogens with zero attached hydrogens (tertiary/aromatic N) is 1. The molecule has 3 aromatic rings. The normalized spacial score (nSPS) is 14.3. The maximum atomic E-state index is 6.19. The zero-order valence-corrected chi connectivity index (χ0v) is 11.6. The number of nitrogens with two attached hydrogens (primary N) is 1. The summed E-state index contributed by atoms with van der Waals surface area (Å²) in [6, 6.07) is 17.6. The number of para-hydroxylation sites is 1. The van der Waals surface area contributed by atoms with E-state index in [9.17, 15) is 0 Å². The van der Waals surface area contributed by atoms with Crippen LogP contribution in [-0.2, 0) is 0 Å². The molecule has 4 rings (SSSR count). The van der Waals surface area contributed by atoms with Gasteiger partial charge in [0.05, 0.1) is 5.52 Å². The zero-order valence-electron chi connectivity index (χ0n) is 11.6. The van der Waals surface area contributed by atoms with E-state index in [1.54, 1.807) is 0 Å². The van der Waals surface area contributed by atoms with Gasteiger partial charge in [-0.25, -0.2) is 0 Å². The number of anilines is 1. The van der Waals surface area contributed by atoms with Crippen molar-refractivity contribution in [3.05, 3.63) is 60.3 Å². The molecule has 0 unspecified atom stereocenters. The summed E-state index contributed by atoms with van der Waals surface area (Å²) in [4.78, 5) is 4.71. The molecule has 0 bridgehead atoms. The molecule has 1 heterocycles. The third kappa shape index (κ3) is 2.42. The van der Waals surface area contributed by atoms with Crippen LogP contribution in [0.4, 0.5) is 5.69 Å². The fraction of sp³-hybridized carbons (Fsp3) is 0.167. The first-order valence-corrected chi connectivity index (χ1v) is 7.23. The van der Waals surface area contributed by atoms with Gasteiger partial charge in [0.2, 0.25) is 0 Å². The summed E-state index contributed by atoms with van der Waals surface area (Å²) in [7, 11) is 0. The van der Waals surface area contributed by atoms with Gasteiger partial charge in [-0.05, 0) is 49.2 Å². The van der Waals surface area contributed by atoms with Crippen molar-refractivity contribution >= 4 is 16.6 Å². The van der Waals surface area contributed by atoms with E-state index in [-0.39, 0.29) is 0 Å². The van der Waals surface area contributed by atoms with E-state index >= 15 is 0 Å². The molecule has 1 fully saturated rings. The van der Waals surface area contributed by atoms with Crippen molar-refractivity contribution in [2.24, 2.45) is 0 Å². The Kier molecular flexibility index (Phi) is 2.78. The quantitative estimate of drug-likeness (QED) is 0.767. The van der Waals surface area contributed by atoms with E-state index in [2.05, 4.69) is 0 Å². The second-order valence-corrected chi connectivity index (χ2v) is 5.50. The van der Waals surface area contributed by atoms with Gasteiger partial charge in [0.25, 0.3) is 0 Å². The van der Waals surface area contributed by atoms with Crippen LogP contribution in [0.1, 0.15) is 24.5 Å². The van der Waals surface area contributed by atoms with Crippen LogP contribution in [0.25, 0.3) is 10.9 Å². The standard InChI is InChI=1S/C18H16N2O/c19-16-11-18(12-6-7-12)20-17-9-8-14(10-15(16)17)21-13-4-2-1-3-5-13/h1-5,8-12H,6-7H2,(H2,19,20). The number of benzene rings is 2. The molecule has 1 aromatic heterocycles. The van der Waals surface area contributed by atoms with Crippen LogP contribution in [0.5, 0.6) is 11.5 Å². The molecule has 1 aliphatic rings. The molecule has 104 valence electrons. The zero-order chi connectivity index (χ0) is 14.2. The van der Waals surface area contributed by atoms with Crippen LogP contribution < -0.4 is 10.5 Å². The monoisotopic (exact) mass is 276 g/mol. The highest BCUT2D eigenvalue weighted by molar-refractivity contribution is 5.91. The molecule has 0 spiro atoms. The van der Waals surface area contributed by atoms with E-state index in [0.29, 0.717) is 5.92 Å². The van der Waals surface area contributed by atoms with E-state index in [4.69, 9.17) is 15.5 Å². The van der Waals surface area contributed by atoms with Crippen molar-refractivity contribution in [3.63, 3.8) is 0 Å². The lowest BCUT2D eigenvalue weighted by Gasteiger charge is -2.09. The van der Waals surface area contributed by atoms with Crippen molar-refractivity contribution in [3.8, 4) is 11.5 Å². The van der Waals surface area contributed by atoms with Gasteiger partial charge in [0.15, 0.2) is 0 Å². The predicted molar refractivity (Wildman–Crippen MR) is 84.6 cm³/mol. The molecule has 0 amide bonds. The number of aromatic nitrogens is 1. The molecule has 0 atom stereocenters. The highest BCUT2D eigenvalue weighted by atomic mass is 16.5. The SMILES string of the molecule is Nc1cc(C2CC2)nc2ccc(Oc3ccccc3)cc12. The third-order valence-electron chi connectivity index (χ3n) is 3.81. The van der Waals surface area contributed by atoms with Crippen molar-refractivity contribution in [2.45, 2.75) is 18.8 Å². The lowest BCUT2D eigenvalue weighted by atomic mass is 10.1. The van der Waals surface area contributed by atoms with E-state index in [1.165, 1.54) is 12.8 Å². The largest absolute Gasteiger partial charge is 0.457 e. The minimum atomic E-state index is 0.608. The predicted octanol–water partition coefficient (Wildman–Crippen LogP) is 4.49. The molecule has 0 aliphatic heterocycles. The van der Waals surface area contributed by atoms with Crippen LogP contribution >= 0.6 is 0 Å². The number of rotatable bonds is 3. The number of hydrogen-bond donors (Lipinski definition) is 1. The van der Waals surface area contributed by atoms with Gasteiger partial charge in [-0.3, -0.25) is 4.98 Å².